The minimum Gasteiger partial charge on any atom is -0.325 e. The third-order valence-corrected chi connectivity index (χ3v) is 2.75. The van der Waals surface area contributed by atoms with E-state index in [-0.39, 0.29) is 6.04 Å². The summed E-state index contributed by atoms with van der Waals surface area (Å²) in [6, 6.07) is 0.521. The molecule has 3 nitrogen and oxygen atoms in total. The fraction of sp³-hybridized carbons (Fsp3) is 0.800. The van der Waals surface area contributed by atoms with E-state index >= 15 is 0 Å². The first-order valence-corrected chi connectivity index (χ1v) is 4.73. The quantitative estimate of drug-likeness (QED) is 0.587. The molecule has 1 rings (SSSR count). The van der Waals surface area contributed by atoms with E-state index in [4.69, 9.17) is 12.2 Å². The largest absolute Gasteiger partial charge is 0.325 e. The summed E-state index contributed by atoms with van der Waals surface area (Å²) in [5.41, 5.74) is 6.00. The predicted octanol–water partition coefficient (Wildman–Crippen LogP) is -0.417. The van der Waals surface area contributed by atoms with Crippen molar-refractivity contribution in [2.24, 2.45) is 5.73 Å². The van der Waals surface area contributed by atoms with Crippen molar-refractivity contribution in [2.75, 3.05) is 33.7 Å². The van der Waals surface area contributed by atoms with Crippen molar-refractivity contribution in [3.05, 3.63) is 0 Å². The van der Waals surface area contributed by atoms with Gasteiger partial charge in [0, 0.05) is 38.1 Å². The molecule has 1 heterocycles. The van der Waals surface area contributed by atoms with Gasteiger partial charge in [0.15, 0.2) is 0 Å². The number of likely N-dealkylation sites (N-methyl/N-ethyl adjacent to an activating group) is 2. The van der Waals surface area contributed by atoms with Crippen LogP contribution in [-0.4, -0.2) is 55.6 Å². The van der Waals surface area contributed by atoms with E-state index in [9.17, 15) is 0 Å². The van der Waals surface area contributed by atoms with Crippen molar-refractivity contribution in [3.63, 3.8) is 0 Å². The highest BCUT2D eigenvalue weighted by Gasteiger charge is 2.26. The minimum absolute atomic E-state index is 0.109. The highest BCUT2D eigenvalue weighted by molar-refractivity contribution is 4.95. The van der Waals surface area contributed by atoms with Gasteiger partial charge in [0.1, 0.15) is 0 Å². The zero-order valence-corrected chi connectivity index (χ0v) is 8.53. The average molecular weight is 181 g/mol. The zero-order chi connectivity index (χ0) is 9.84. The second-order valence-corrected chi connectivity index (χ2v) is 3.88. The normalized spacial score (nSPS) is 28.3. The second kappa shape index (κ2) is 4.61. The fourth-order valence-electron chi connectivity index (χ4n) is 1.78. The van der Waals surface area contributed by atoms with Crippen LogP contribution in [0, 0.1) is 12.3 Å². The summed E-state index contributed by atoms with van der Waals surface area (Å²) in [6.45, 7) is 3.23. The summed E-state index contributed by atoms with van der Waals surface area (Å²) >= 11 is 0. The van der Waals surface area contributed by atoms with Crippen LogP contribution in [0.15, 0.2) is 0 Å². The molecule has 2 unspecified atom stereocenters. The molecule has 2 N–H and O–H groups in total. The minimum atomic E-state index is 0.109. The van der Waals surface area contributed by atoms with E-state index in [1.807, 2.05) is 0 Å². The molecule has 0 spiro atoms. The van der Waals surface area contributed by atoms with Gasteiger partial charge in [-0.25, -0.2) is 0 Å². The van der Waals surface area contributed by atoms with Gasteiger partial charge in [-0.2, -0.15) is 0 Å². The van der Waals surface area contributed by atoms with Gasteiger partial charge >= 0.3 is 0 Å². The van der Waals surface area contributed by atoms with Crippen LogP contribution < -0.4 is 5.73 Å². The smallest absolute Gasteiger partial charge is 0.0381 e. The Morgan fingerprint density at radius 1 is 1.54 bits per heavy atom. The number of hydrogen-bond acceptors (Lipinski definition) is 3. The van der Waals surface area contributed by atoms with E-state index in [1.54, 1.807) is 0 Å². The lowest BCUT2D eigenvalue weighted by Gasteiger charge is -2.40. The maximum atomic E-state index is 6.00. The summed E-state index contributed by atoms with van der Waals surface area (Å²) in [6.07, 6.45) is 5.92. The van der Waals surface area contributed by atoms with Gasteiger partial charge < -0.3 is 10.6 Å². The highest BCUT2D eigenvalue weighted by atomic mass is 15.3. The zero-order valence-electron chi connectivity index (χ0n) is 8.53. The lowest BCUT2D eigenvalue weighted by molar-refractivity contribution is 0.0984. The van der Waals surface area contributed by atoms with Crippen LogP contribution in [0.2, 0.25) is 0 Å². The highest BCUT2D eigenvalue weighted by Crippen LogP contribution is 2.10. The van der Waals surface area contributed by atoms with Gasteiger partial charge in [-0.15, -0.1) is 12.3 Å². The van der Waals surface area contributed by atoms with Crippen LogP contribution in [0.5, 0.6) is 0 Å². The summed E-state index contributed by atoms with van der Waals surface area (Å²) in [5, 5.41) is 0. The van der Waals surface area contributed by atoms with Crippen molar-refractivity contribution in [1.29, 1.82) is 0 Å². The maximum absolute atomic E-state index is 6.00. The summed E-state index contributed by atoms with van der Waals surface area (Å²) in [7, 11) is 4.25. The third-order valence-electron chi connectivity index (χ3n) is 2.75. The Kier molecular flexibility index (Phi) is 3.73. The Morgan fingerprint density at radius 3 is 2.85 bits per heavy atom. The number of piperazine rings is 1. The van der Waals surface area contributed by atoms with Crippen LogP contribution in [0.1, 0.15) is 6.42 Å². The molecule has 0 aromatic heterocycles. The summed E-state index contributed by atoms with van der Waals surface area (Å²) < 4.78 is 0. The molecule has 74 valence electrons. The van der Waals surface area contributed by atoms with Crippen molar-refractivity contribution in [3.8, 4) is 12.3 Å². The first-order valence-electron chi connectivity index (χ1n) is 4.73. The van der Waals surface area contributed by atoms with Crippen molar-refractivity contribution in [1.82, 2.24) is 9.80 Å². The lowest BCUT2D eigenvalue weighted by Crippen LogP contribution is -2.57. The molecule has 0 saturated carbocycles. The number of nitrogens with zero attached hydrogens (tertiary/aromatic N) is 2. The van der Waals surface area contributed by atoms with E-state index in [0.29, 0.717) is 12.5 Å². The van der Waals surface area contributed by atoms with Gasteiger partial charge in [0.25, 0.3) is 0 Å². The molecule has 0 aromatic carbocycles. The molecule has 0 amide bonds. The van der Waals surface area contributed by atoms with Gasteiger partial charge in [0.2, 0.25) is 0 Å². The maximum Gasteiger partial charge on any atom is 0.0381 e. The van der Waals surface area contributed by atoms with Gasteiger partial charge in [0.05, 0.1) is 0 Å². The Balaban J connectivity index is 2.50. The second-order valence-electron chi connectivity index (χ2n) is 3.88. The van der Waals surface area contributed by atoms with Crippen molar-refractivity contribution >= 4 is 0 Å². The number of rotatable bonds is 2. The molecule has 2 atom stereocenters. The summed E-state index contributed by atoms with van der Waals surface area (Å²) in [5.74, 6) is 2.63. The first-order chi connectivity index (χ1) is 6.15. The Hall–Kier alpha value is -0.560. The van der Waals surface area contributed by atoms with E-state index in [0.717, 1.165) is 19.6 Å². The predicted molar refractivity (Wildman–Crippen MR) is 55.3 cm³/mol. The molecule has 1 aliphatic rings. The molecule has 0 aliphatic carbocycles. The van der Waals surface area contributed by atoms with Crippen LogP contribution in [0.3, 0.4) is 0 Å². The van der Waals surface area contributed by atoms with Crippen molar-refractivity contribution in [2.45, 2.75) is 18.5 Å². The van der Waals surface area contributed by atoms with Gasteiger partial charge in [-0.3, -0.25) is 4.90 Å². The number of nitrogens with two attached hydrogens (primary N) is 1. The van der Waals surface area contributed by atoms with E-state index in [1.165, 1.54) is 0 Å². The number of hydrogen-bond donors (Lipinski definition) is 1. The number of terminal acetylenes is 1. The van der Waals surface area contributed by atoms with Crippen LogP contribution in [0.4, 0.5) is 0 Å². The third kappa shape index (κ3) is 2.70. The Labute approximate surface area is 80.9 Å². The van der Waals surface area contributed by atoms with Crippen LogP contribution in [0.25, 0.3) is 0 Å². The molecule has 0 radical (unpaired) electrons. The first kappa shape index (κ1) is 10.5. The molecule has 0 bridgehead atoms. The molecule has 1 fully saturated rings. The van der Waals surface area contributed by atoms with Crippen molar-refractivity contribution < 1.29 is 0 Å². The molecule has 1 aliphatic heterocycles. The SMILES string of the molecule is C#CCC(N)C1CN(C)CCN1C. The Bertz CT molecular complexity index is 197. The van der Waals surface area contributed by atoms with Gasteiger partial charge in [-0.05, 0) is 14.1 Å². The molecule has 0 aromatic rings. The summed E-state index contributed by atoms with van der Waals surface area (Å²) in [4.78, 5) is 4.61. The standard InChI is InChI=1S/C10H19N3/c1-4-5-9(11)10-8-12(2)6-7-13(10)3/h1,9-10H,5-8,11H2,2-3H3. The lowest BCUT2D eigenvalue weighted by atomic mass is 10.0. The monoisotopic (exact) mass is 181 g/mol. The van der Waals surface area contributed by atoms with Crippen LogP contribution >= 0.6 is 0 Å². The molecule has 3 heteroatoms. The molecular weight excluding hydrogens is 162 g/mol. The van der Waals surface area contributed by atoms with E-state index < -0.39 is 0 Å². The average Bonchev–Trinajstić information content (AvgIpc) is 2.09. The molecular formula is C10H19N3. The Morgan fingerprint density at radius 2 is 2.23 bits per heavy atom. The molecule has 13 heavy (non-hydrogen) atoms. The van der Waals surface area contributed by atoms with Gasteiger partial charge in [-0.1, -0.05) is 0 Å². The fourth-order valence-corrected chi connectivity index (χ4v) is 1.78. The van der Waals surface area contributed by atoms with Crippen LogP contribution in [-0.2, 0) is 0 Å². The molecule has 1 saturated heterocycles. The van der Waals surface area contributed by atoms with E-state index in [2.05, 4.69) is 29.8 Å². The topological polar surface area (TPSA) is 32.5 Å².